The first-order chi connectivity index (χ1) is 8.63. The minimum Gasteiger partial charge on any atom is -0.486 e. The molecule has 0 saturated carbocycles. The summed E-state index contributed by atoms with van der Waals surface area (Å²) < 4.78 is 10.8. The van der Waals surface area contributed by atoms with Crippen LogP contribution in [0.3, 0.4) is 0 Å². The average molecular weight is 290 g/mol. The normalized spacial score (nSPS) is 15.1. The minimum absolute atomic E-state index is 0.257. The van der Waals surface area contributed by atoms with E-state index in [4.69, 9.17) is 32.7 Å². The number of nitrogens with one attached hydrogen (secondary N) is 1. The standard InChI is InChI=1S/C12H13Cl2NO3/c1-2-15-12(16)10(14)7-5-8(13)11-9(6-7)17-3-4-18-11/h5-6,10H,2-4H2,1H3,(H,15,16). The van der Waals surface area contributed by atoms with Gasteiger partial charge in [0.1, 0.15) is 18.6 Å². The molecule has 1 aromatic carbocycles. The van der Waals surface area contributed by atoms with E-state index in [0.29, 0.717) is 41.8 Å². The van der Waals surface area contributed by atoms with E-state index in [9.17, 15) is 4.79 Å². The van der Waals surface area contributed by atoms with Gasteiger partial charge in [0.2, 0.25) is 5.91 Å². The Balaban J connectivity index is 2.29. The van der Waals surface area contributed by atoms with Crippen LogP contribution < -0.4 is 14.8 Å². The minimum atomic E-state index is -0.793. The molecule has 0 bridgehead atoms. The van der Waals surface area contributed by atoms with Gasteiger partial charge < -0.3 is 14.8 Å². The van der Waals surface area contributed by atoms with Crippen molar-refractivity contribution in [3.63, 3.8) is 0 Å². The van der Waals surface area contributed by atoms with Crippen LogP contribution in [0.25, 0.3) is 0 Å². The van der Waals surface area contributed by atoms with Crippen molar-refractivity contribution in [3.05, 3.63) is 22.7 Å². The first-order valence-corrected chi connectivity index (χ1v) is 6.45. The fourth-order valence-electron chi connectivity index (χ4n) is 1.69. The SMILES string of the molecule is CCNC(=O)C(Cl)c1cc(Cl)c2c(c1)OCCO2. The molecule has 1 atom stereocenters. The summed E-state index contributed by atoms with van der Waals surface area (Å²) in [7, 11) is 0. The summed E-state index contributed by atoms with van der Waals surface area (Å²) in [6.45, 7) is 3.28. The molecular weight excluding hydrogens is 277 g/mol. The van der Waals surface area contributed by atoms with Crippen LogP contribution in [0.2, 0.25) is 5.02 Å². The van der Waals surface area contributed by atoms with Gasteiger partial charge in [-0.3, -0.25) is 4.79 Å². The molecule has 1 heterocycles. The molecule has 1 amide bonds. The Labute approximate surface area is 115 Å². The Morgan fingerprint density at radius 1 is 1.44 bits per heavy atom. The van der Waals surface area contributed by atoms with Crippen molar-refractivity contribution in [1.82, 2.24) is 5.32 Å². The largest absolute Gasteiger partial charge is 0.486 e. The van der Waals surface area contributed by atoms with Crippen molar-refractivity contribution in [3.8, 4) is 11.5 Å². The number of likely N-dealkylation sites (N-methyl/N-ethyl adjacent to an activating group) is 1. The van der Waals surface area contributed by atoms with Crippen molar-refractivity contribution < 1.29 is 14.3 Å². The third-order valence-electron chi connectivity index (χ3n) is 2.49. The number of halogens is 2. The highest BCUT2D eigenvalue weighted by Gasteiger charge is 2.23. The van der Waals surface area contributed by atoms with Gasteiger partial charge in [-0.1, -0.05) is 11.6 Å². The Bertz CT molecular complexity index is 465. The highest BCUT2D eigenvalue weighted by Crippen LogP contribution is 2.40. The molecule has 1 aliphatic rings. The summed E-state index contributed by atoms with van der Waals surface area (Å²) in [4.78, 5) is 11.7. The van der Waals surface area contributed by atoms with Crippen molar-refractivity contribution >= 4 is 29.1 Å². The molecule has 0 radical (unpaired) electrons. The van der Waals surface area contributed by atoms with Crippen LogP contribution >= 0.6 is 23.2 Å². The number of hydrogen-bond acceptors (Lipinski definition) is 3. The van der Waals surface area contributed by atoms with E-state index in [0.717, 1.165) is 0 Å². The highest BCUT2D eigenvalue weighted by atomic mass is 35.5. The summed E-state index contributed by atoms with van der Waals surface area (Å²) in [5.74, 6) is 0.775. The van der Waals surface area contributed by atoms with E-state index >= 15 is 0 Å². The second-order valence-electron chi connectivity index (χ2n) is 3.78. The second-order valence-corrected chi connectivity index (χ2v) is 4.63. The van der Waals surface area contributed by atoms with Gasteiger partial charge in [-0.2, -0.15) is 0 Å². The van der Waals surface area contributed by atoms with Crippen molar-refractivity contribution in [2.24, 2.45) is 0 Å². The summed E-state index contributed by atoms with van der Waals surface area (Å²) in [5.41, 5.74) is 0.594. The zero-order valence-corrected chi connectivity index (χ0v) is 11.3. The van der Waals surface area contributed by atoms with Gasteiger partial charge in [-0.05, 0) is 24.6 Å². The maximum Gasteiger partial charge on any atom is 0.242 e. The fraction of sp³-hybridized carbons (Fsp3) is 0.417. The molecule has 0 aromatic heterocycles. The molecule has 1 aromatic rings. The van der Waals surface area contributed by atoms with Gasteiger partial charge in [0.25, 0.3) is 0 Å². The summed E-state index contributed by atoms with van der Waals surface area (Å²) in [6, 6.07) is 3.31. The van der Waals surface area contributed by atoms with Crippen LogP contribution in [0, 0.1) is 0 Å². The number of hydrogen-bond donors (Lipinski definition) is 1. The number of alkyl halides is 1. The highest BCUT2D eigenvalue weighted by molar-refractivity contribution is 6.33. The quantitative estimate of drug-likeness (QED) is 0.870. The first-order valence-electron chi connectivity index (χ1n) is 5.64. The van der Waals surface area contributed by atoms with Crippen molar-refractivity contribution in [2.75, 3.05) is 19.8 Å². The van der Waals surface area contributed by atoms with E-state index in [1.54, 1.807) is 12.1 Å². The number of benzene rings is 1. The summed E-state index contributed by atoms with van der Waals surface area (Å²) in [5, 5.41) is 2.26. The van der Waals surface area contributed by atoms with Gasteiger partial charge in [0, 0.05) is 6.54 Å². The molecule has 18 heavy (non-hydrogen) atoms. The number of carbonyl (C=O) groups is 1. The van der Waals surface area contributed by atoms with Crippen LogP contribution in [0.5, 0.6) is 11.5 Å². The van der Waals surface area contributed by atoms with Gasteiger partial charge in [-0.15, -0.1) is 11.6 Å². The molecule has 1 N–H and O–H groups in total. The second kappa shape index (κ2) is 5.67. The van der Waals surface area contributed by atoms with Crippen molar-refractivity contribution in [2.45, 2.75) is 12.3 Å². The lowest BCUT2D eigenvalue weighted by molar-refractivity contribution is -0.120. The van der Waals surface area contributed by atoms with Crippen LogP contribution in [-0.4, -0.2) is 25.7 Å². The molecule has 0 aliphatic carbocycles. The summed E-state index contributed by atoms with van der Waals surface area (Å²) >= 11 is 12.2. The molecule has 6 heteroatoms. The smallest absolute Gasteiger partial charge is 0.242 e. The maximum absolute atomic E-state index is 11.7. The van der Waals surface area contributed by atoms with E-state index in [2.05, 4.69) is 5.32 Å². The van der Waals surface area contributed by atoms with E-state index in [1.807, 2.05) is 6.92 Å². The van der Waals surface area contributed by atoms with Crippen LogP contribution in [0.4, 0.5) is 0 Å². The molecule has 4 nitrogen and oxygen atoms in total. The molecule has 1 aliphatic heterocycles. The third kappa shape index (κ3) is 2.65. The average Bonchev–Trinajstić information content (AvgIpc) is 2.38. The van der Waals surface area contributed by atoms with Crippen molar-refractivity contribution in [1.29, 1.82) is 0 Å². The van der Waals surface area contributed by atoms with E-state index in [-0.39, 0.29) is 5.91 Å². The number of carbonyl (C=O) groups excluding carboxylic acids is 1. The molecule has 1 unspecified atom stereocenters. The lowest BCUT2D eigenvalue weighted by Crippen LogP contribution is -2.26. The summed E-state index contributed by atoms with van der Waals surface area (Å²) in [6.07, 6.45) is 0. The van der Waals surface area contributed by atoms with E-state index < -0.39 is 5.38 Å². The van der Waals surface area contributed by atoms with Crippen LogP contribution in [0.1, 0.15) is 17.9 Å². The lowest BCUT2D eigenvalue weighted by atomic mass is 10.1. The molecule has 0 spiro atoms. The van der Waals surface area contributed by atoms with Crippen LogP contribution in [-0.2, 0) is 4.79 Å². The predicted octanol–water partition coefficient (Wildman–Crippen LogP) is 2.53. The zero-order chi connectivity index (χ0) is 13.1. The number of fused-ring (bicyclic) bond motifs is 1. The fourth-order valence-corrected chi connectivity index (χ4v) is 2.17. The van der Waals surface area contributed by atoms with Gasteiger partial charge >= 0.3 is 0 Å². The zero-order valence-electron chi connectivity index (χ0n) is 9.83. The molecule has 0 fully saturated rings. The Kier molecular flexibility index (Phi) is 4.19. The van der Waals surface area contributed by atoms with E-state index in [1.165, 1.54) is 0 Å². The number of rotatable bonds is 3. The molecule has 2 rings (SSSR count). The lowest BCUT2D eigenvalue weighted by Gasteiger charge is -2.21. The number of amides is 1. The van der Waals surface area contributed by atoms with Gasteiger partial charge in [-0.25, -0.2) is 0 Å². The molecular formula is C12H13Cl2NO3. The Morgan fingerprint density at radius 2 is 2.17 bits per heavy atom. The van der Waals surface area contributed by atoms with Crippen LogP contribution in [0.15, 0.2) is 12.1 Å². The number of ether oxygens (including phenoxy) is 2. The third-order valence-corrected chi connectivity index (χ3v) is 3.22. The topological polar surface area (TPSA) is 47.6 Å². The van der Waals surface area contributed by atoms with Gasteiger partial charge in [0.15, 0.2) is 11.5 Å². The Morgan fingerprint density at radius 3 is 2.89 bits per heavy atom. The Hall–Kier alpha value is -1.13. The monoisotopic (exact) mass is 289 g/mol. The maximum atomic E-state index is 11.7. The molecule has 0 saturated heterocycles. The predicted molar refractivity (Wildman–Crippen MR) is 69.7 cm³/mol. The molecule has 98 valence electrons. The first kappa shape index (κ1) is 13.3. The van der Waals surface area contributed by atoms with Gasteiger partial charge in [0.05, 0.1) is 5.02 Å².